The van der Waals surface area contributed by atoms with Crippen molar-refractivity contribution in [3.8, 4) is 0 Å². The van der Waals surface area contributed by atoms with Crippen LogP contribution in [0.2, 0.25) is 0 Å². The molecule has 0 spiro atoms. The quantitative estimate of drug-likeness (QED) is 0.488. The van der Waals surface area contributed by atoms with Gasteiger partial charge in [0.15, 0.2) is 0 Å². The van der Waals surface area contributed by atoms with E-state index in [0.29, 0.717) is 19.3 Å². The predicted molar refractivity (Wildman–Crippen MR) is 90.4 cm³/mol. The van der Waals surface area contributed by atoms with Gasteiger partial charge in [0.05, 0.1) is 13.0 Å². The fourth-order valence-electron chi connectivity index (χ4n) is 2.68. The van der Waals surface area contributed by atoms with E-state index >= 15 is 0 Å². The molecule has 0 radical (unpaired) electrons. The molecule has 1 N–H and O–H groups in total. The summed E-state index contributed by atoms with van der Waals surface area (Å²) in [4.78, 5) is 34.4. The first kappa shape index (κ1) is 19.9. The lowest BCUT2D eigenvalue weighted by Gasteiger charge is -2.16. The summed E-state index contributed by atoms with van der Waals surface area (Å²) < 4.78 is 4.87. The van der Waals surface area contributed by atoms with Crippen LogP contribution in [-0.4, -0.2) is 29.9 Å². The first-order valence-corrected chi connectivity index (χ1v) is 8.36. The predicted octanol–water partition coefficient (Wildman–Crippen LogP) is 3.59. The number of Topliss-reactive ketones (excluding diaryl/α,β-unsaturated/α-hetero) is 1. The van der Waals surface area contributed by atoms with Crippen molar-refractivity contribution in [2.75, 3.05) is 7.11 Å². The zero-order valence-electron chi connectivity index (χ0n) is 14.5. The van der Waals surface area contributed by atoms with Gasteiger partial charge in [0, 0.05) is 19.3 Å². The molecule has 0 bridgehead atoms. The van der Waals surface area contributed by atoms with E-state index in [9.17, 15) is 14.4 Å². The average Bonchev–Trinajstić information content (AvgIpc) is 2.74. The summed E-state index contributed by atoms with van der Waals surface area (Å²) in [6.07, 6.45) is 7.79. The standard InChI is InChI=1S/C19H26O5/c1-14-7-4-3-5-8-15(14)13-16(19(23)24-2)11-12-17(20)9-6-10-18(21)22/h4,8,16H,3,5-6,9-13H2,1-2H3,(H,21,22). The van der Waals surface area contributed by atoms with Crippen molar-refractivity contribution in [2.45, 2.75) is 58.3 Å². The van der Waals surface area contributed by atoms with E-state index in [1.807, 2.05) is 13.0 Å². The van der Waals surface area contributed by atoms with E-state index in [4.69, 9.17) is 9.84 Å². The zero-order chi connectivity index (χ0) is 17.9. The Labute approximate surface area is 143 Å². The second-order valence-corrected chi connectivity index (χ2v) is 6.03. The molecule has 1 aliphatic rings. The van der Waals surface area contributed by atoms with Gasteiger partial charge >= 0.3 is 11.9 Å². The Morgan fingerprint density at radius 2 is 2.00 bits per heavy atom. The van der Waals surface area contributed by atoms with Gasteiger partial charge in [0.25, 0.3) is 0 Å². The average molecular weight is 334 g/mol. The van der Waals surface area contributed by atoms with Gasteiger partial charge in [0.2, 0.25) is 0 Å². The maximum atomic E-state index is 12.0. The van der Waals surface area contributed by atoms with Gasteiger partial charge in [-0.25, -0.2) is 0 Å². The van der Waals surface area contributed by atoms with Crippen LogP contribution in [0.15, 0.2) is 29.0 Å². The number of carbonyl (C=O) groups is 3. The zero-order valence-corrected chi connectivity index (χ0v) is 14.5. The molecule has 5 nitrogen and oxygen atoms in total. The first-order chi connectivity index (χ1) is 11.4. The van der Waals surface area contributed by atoms with Gasteiger partial charge in [-0.05, 0) is 56.3 Å². The number of ether oxygens (including phenoxy) is 1. The molecular formula is C19H26O5. The number of aliphatic carboxylic acids is 1. The van der Waals surface area contributed by atoms with Crippen LogP contribution in [0.25, 0.3) is 0 Å². The summed E-state index contributed by atoms with van der Waals surface area (Å²) in [5.41, 5.74) is 5.31. The van der Waals surface area contributed by atoms with Gasteiger partial charge in [-0.3, -0.25) is 14.4 Å². The smallest absolute Gasteiger partial charge is 0.309 e. The van der Waals surface area contributed by atoms with Crippen molar-refractivity contribution < 1.29 is 24.2 Å². The Morgan fingerprint density at radius 1 is 1.25 bits per heavy atom. The largest absolute Gasteiger partial charge is 0.481 e. The van der Waals surface area contributed by atoms with Gasteiger partial charge < -0.3 is 9.84 Å². The minimum Gasteiger partial charge on any atom is -0.481 e. The van der Waals surface area contributed by atoms with E-state index < -0.39 is 5.97 Å². The Balaban J connectivity index is 2.58. The summed E-state index contributed by atoms with van der Waals surface area (Å²) in [6, 6.07) is 0. The van der Waals surface area contributed by atoms with Crippen LogP contribution in [0.5, 0.6) is 0 Å². The molecule has 5 heteroatoms. The molecule has 0 amide bonds. The highest BCUT2D eigenvalue weighted by molar-refractivity contribution is 5.80. The van der Waals surface area contributed by atoms with Crippen LogP contribution in [0, 0.1) is 5.92 Å². The van der Waals surface area contributed by atoms with Crippen LogP contribution in [-0.2, 0) is 19.1 Å². The lowest BCUT2D eigenvalue weighted by molar-refractivity contribution is -0.145. The van der Waals surface area contributed by atoms with Gasteiger partial charge in [0.1, 0.15) is 5.78 Å². The molecule has 1 rings (SSSR count). The molecule has 0 aromatic carbocycles. The van der Waals surface area contributed by atoms with E-state index in [1.165, 1.54) is 7.11 Å². The Kier molecular flexibility index (Phi) is 8.80. The second-order valence-electron chi connectivity index (χ2n) is 6.03. The van der Waals surface area contributed by atoms with Gasteiger partial charge in [-0.1, -0.05) is 6.08 Å². The van der Waals surface area contributed by atoms with Crippen molar-refractivity contribution in [1.82, 2.24) is 0 Å². The molecule has 0 saturated carbocycles. The van der Waals surface area contributed by atoms with Gasteiger partial charge in [-0.2, -0.15) is 0 Å². The minimum absolute atomic E-state index is 0.00458. The van der Waals surface area contributed by atoms with Crippen molar-refractivity contribution >= 4 is 17.7 Å². The Hall–Kier alpha value is -2.13. The highest BCUT2D eigenvalue weighted by Gasteiger charge is 2.22. The Morgan fingerprint density at radius 3 is 2.67 bits per heavy atom. The Bertz CT molecular complexity index is 564. The summed E-state index contributed by atoms with van der Waals surface area (Å²) in [5, 5.41) is 8.59. The molecule has 24 heavy (non-hydrogen) atoms. The lowest BCUT2D eigenvalue weighted by atomic mass is 9.90. The van der Waals surface area contributed by atoms with E-state index in [2.05, 4.69) is 11.8 Å². The number of allylic oxidation sites excluding steroid dienone is 3. The molecule has 0 aliphatic heterocycles. The first-order valence-electron chi connectivity index (χ1n) is 8.36. The highest BCUT2D eigenvalue weighted by atomic mass is 16.5. The summed E-state index contributed by atoms with van der Waals surface area (Å²) in [5.74, 6) is -1.58. The number of hydrogen-bond donors (Lipinski definition) is 1. The number of hydrogen-bond acceptors (Lipinski definition) is 4. The molecule has 1 aliphatic carbocycles. The van der Waals surface area contributed by atoms with Crippen LogP contribution in [0.1, 0.15) is 58.3 Å². The topological polar surface area (TPSA) is 80.7 Å². The van der Waals surface area contributed by atoms with Crippen molar-refractivity contribution in [2.24, 2.45) is 5.92 Å². The van der Waals surface area contributed by atoms with E-state index in [-0.39, 0.29) is 36.9 Å². The third-order valence-electron chi connectivity index (χ3n) is 4.12. The fraction of sp³-hybridized carbons (Fsp3) is 0.579. The van der Waals surface area contributed by atoms with Crippen molar-refractivity contribution in [3.05, 3.63) is 29.0 Å². The van der Waals surface area contributed by atoms with Gasteiger partial charge in [-0.15, -0.1) is 5.73 Å². The molecular weight excluding hydrogens is 308 g/mol. The molecule has 1 atom stereocenters. The summed E-state index contributed by atoms with van der Waals surface area (Å²) in [6.45, 7) is 1.97. The van der Waals surface area contributed by atoms with Crippen LogP contribution in [0.3, 0.4) is 0 Å². The van der Waals surface area contributed by atoms with E-state index in [0.717, 1.165) is 24.0 Å². The molecule has 0 saturated heterocycles. The summed E-state index contributed by atoms with van der Waals surface area (Å²) >= 11 is 0. The molecule has 0 fully saturated rings. The number of carbonyl (C=O) groups excluding carboxylic acids is 2. The van der Waals surface area contributed by atoms with Crippen LogP contribution >= 0.6 is 0 Å². The number of methoxy groups -OCH3 is 1. The molecule has 132 valence electrons. The molecule has 0 aromatic heterocycles. The number of carboxylic acid groups (broad SMARTS) is 1. The third kappa shape index (κ3) is 7.42. The normalized spacial score (nSPS) is 15.1. The second kappa shape index (κ2) is 10.6. The lowest BCUT2D eigenvalue weighted by Crippen LogP contribution is -2.18. The number of carboxylic acids is 1. The summed E-state index contributed by atoms with van der Waals surface area (Å²) in [7, 11) is 1.36. The number of rotatable bonds is 10. The van der Waals surface area contributed by atoms with Crippen molar-refractivity contribution in [1.29, 1.82) is 0 Å². The molecule has 0 heterocycles. The maximum absolute atomic E-state index is 12.0. The van der Waals surface area contributed by atoms with Crippen LogP contribution < -0.4 is 0 Å². The number of esters is 1. The maximum Gasteiger partial charge on any atom is 0.309 e. The minimum atomic E-state index is -0.897. The van der Waals surface area contributed by atoms with Crippen LogP contribution in [0.4, 0.5) is 0 Å². The van der Waals surface area contributed by atoms with E-state index in [1.54, 1.807) is 0 Å². The fourth-order valence-corrected chi connectivity index (χ4v) is 2.68. The molecule has 1 unspecified atom stereocenters. The number of ketones is 1. The third-order valence-corrected chi connectivity index (χ3v) is 4.12. The molecule has 0 aromatic rings. The SMILES string of the molecule is COC(=O)C(CCC(=O)CCCC(=O)O)CC1=CCCC=C=C1C. The highest BCUT2D eigenvalue weighted by Crippen LogP contribution is 2.25. The van der Waals surface area contributed by atoms with Crippen molar-refractivity contribution in [3.63, 3.8) is 0 Å². The monoisotopic (exact) mass is 334 g/mol.